The molecule has 3 fully saturated rings. The summed E-state index contributed by atoms with van der Waals surface area (Å²) < 4.78 is 33.4. The number of rotatable bonds is 5. The standard InChI is InChI=1S/C20H28N2O4S/c1-15-2-6-17(7-3-15)27(24,25)22-13-18(19(23)21-12-16-4-5-16)20(14-22)8-10-26-11-9-20/h2-3,6-7,16,18H,4-5,8-14H2,1H3,(H,21,23). The Labute approximate surface area is 161 Å². The molecule has 1 aromatic rings. The minimum Gasteiger partial charge on any atom is -0.381 e. The first kappa shape index (κ1) is 18.9. The Kier molecular flexibility index (Phi) is 5.03. The van der Waals surface area contributed by atoms with Crippen molar-refractivity contribution in [1.29, 1.82) is 0 Å². The van der Waals surface area contributed by atoms with E-state index in [1.165, 1.54) is 17.1 Å². The molecule has 0 radical (unpaired) electrons. The van der Waals surface area contributed by atoms with Crippen molar-refractivity contribution in [3.8, 4) is 0 Å². The van der Waals surface area contributed by atoms with Gasteiger partial charge in [0.25, 0.3) is 0 Å². The number of carbonyl (C=O) groups is 1. The lowest BCUT2D eigenvalue weighted by Crippen LogP contribution is -2.44. The van der Waals surface area contributed by atoms with Gasteiger partial charge in [-0.1, -0.05) is 17.7 Å². The molecular weight excluding hydrogens is 364 g/mol. The molecule has 6 nitrogen and oxygen atoms in total. The van der Waals surface area contributed by atoms with Crippen molar-refractivity contribution in [1.82, 2.24) is 9.62 Å². The highest BCUT2D eigenvalue weighted by molar-refractivity contribution is 7.89. The van der Waals surface area contributed by atoms with Crippen LogP contribution in [0.4, 0.5) is 0 Å². The molecule has 0 aromatic heterocycles. The van der Waals surface area contributed by atoms with E-state index in [0.717, 1.165) is 18.4 Å². The quantitative estimate of drug-likeness (QED) is 0.831. The summed E-state index contributed by atoms with van der Waals surface area (Å²) in [5.74, 6) is 0.305. The average molecular weight is 393 g/mol. The Morgan fingerprint density at radius 2 is 1.89 bits per heavy atom. The smallest absolute Gasteiger partial charge is 0.243 e. The summed E-state index contributed by atoms with van der Waals surface area (Å²) in [6.45, 7) is 4.48. The van der Waals surface area contributed by atoms with E-state index in [4.69, 9.17) is 4.74 Å². The number of amides is 1. The molecule has 1 atom stereocenters. The van der Waals surface area contributed by atoms with Gasteiger partial charge in [0.2, 0.25) is 15.9 Å². The van der Waals surface area contributed by atoms with Gasteiger partial charge in [-0.2, -0.15) is 4.31 Å². The zero-order valence-corrected chi connectivity index (χ0v) is 16.6. The molecule has 4 rings (SSSR count). The molecule has 148 valence electrons. The van der Waals surface area contributed by atoms with Gasteiger partial charge in [-0.25, -0.2) is 8.42 Å². The highest BCUT2D eigenvalue weighted by atomic mass is 32.2. The molecule has 1 aromatic carbocycles. The Balaban J connectivity index is 1.57. The summed E-state index contributed by atoms with van der Waals surface area (Å²) in [6, 6.07) is 6.93. The van der Waals surface area contributed by atoms with Crippen LogP contribution in [0.3, 0.4) is 0 Å². The predicted molar refractivity (Wildman–Crippen MR) is 102 cm³/mol. The van der Waals surface area contributed by atoms with E-state index >= 15 is 0 Å². The molecule has 1 spiro atoms. The molecule has 3 aliphatic rings. The van der Waals surface area contributed by atoms with Gasteiger partial charge in [-0.3, -0.25) is 4.79 Å². The normalized spacial score (nSPS) is 25.6. The van der Waals surface area contributed by atoms with Crippen LogP contribution in [0.25, 0.3) is 0 Å². The Morgan fingerprint density at radius 3 is 2.52 bits per heavy atom. The second-order valence-corrected chi connectivity index (χ2v) is 10.3. The number of ether oxygens (including phenoxy) is 1. The molecule has 2 saturated heterocycles. The number of aryl methyl sites for hydroxylation is 1. The molecule has 1 amide bonds. The minimum atomic E-state index is -3.60. The van der Waals surface area contributed by atoms with Crippen LogP contribution in [0.1, 0.15) is 31.2 Å². The first-order valence-electron chi connectivity index (χ1n) is 9.83. The van der Waals surface area contributed by atoms with Gasteiger partial charge in [0.1, 0.15) is 0 Å². The fourth-order valence-corrected chi connectivity index (χ4v) is 5.85. The number of benzene rings is 1. The monoisotopic (exact) mass is 392 g/mol. The topological polar surface area (TPSA) is 75.7 Å². The van der Waals surface area contributed by atoms with Gasteiger partial charge in [0, 0.05) is 38.3 Å². The van der Waals surface area contributed by atoms with Crippen molar-refractivity contribution in [3.05, 3.63) is 29.8 Å². The third-order valence-corrected chi connectivity index (χ3v) is 8.17. The first-order valence-corrected chi connectivity index (χ1v) is 11.3. The Morgan fingerprint density at radius 1 is 1.22 bits per heavy atom. The van der Waals surface area contributed by atoms with E-state index in [9.17, 15) is 13.2 Å². The number of hydrogen-bond donors (Lipinski definition) is 1. The second kappa shape index (κ2) is 7.18. The number of carbonyl (C=O) groups excluding carboxylic acids is 1. The molecular formula is C20H28N2O4S. The SMILES string of the molecule is Cc1ccc(S(=O)(=O)N2CC(C(=O)NCC3CC3)C3(CCOCC3)C2)cc1. The van der Waals surface area contributed by atoms with Gasteiger partial charge in [-0.15, -0.1) is 0 Å². The maximum absolute atomic E-state index is 13.2. The van der Waals surface area contributed by atoms with Crippen molar-refractivity contribution < 1.29 is 17.9 Å². The third-order valence-electron chi connectivity index (χ3n) is 6.34. The maximum Gasteiger partial charge on any atom is 0.243 e. The lowest BCUT2D eigenvalue weighted by Gasteiger charge is -2.37. The van der Waals surface area contributed by atoms with Gasteiger partial charge >= 0.3 is 0 Å². The fraction of sp³-hybridized carbons (Fsp3) is 0.650. The fourth-order valence-electron chi connectivity index (χ4n) is 4.30. The summed E-state index contributed by atoms with van der Waals surface area (Å²) in [5.41, 5.74) is 0.706. The Hall–Kier alpha value is -1.44. The van der Waals surface area contributed by atoms with E-state index in [0.29, 0.717) is 37.1 Å². The van der Waals surface area contributed by atoms with Gasteiger partial charge in [0.05, 0.1) is 10.8 Å². The average Bonchev–Trinajstić information content (AvgIpc) is 3.42. The van der Waals surface area contributed by atoms with Crippen LogP contribution in [-0.2, 0) is 19.6 Å². The molecule has 7 heteroatoms. The van der Waals surface area contributed by atoms with Gasteiger partial charge < -0.3 is 10.1 Å². The van der Waals surface area contributed by atoms with Crippen molar-refractivity contribution in [3.63, 3.8) is 0 Å². The lowest BCUT2D eigenvalue weighted by molar-refractivity contribution is -0.129. The van der Waals surface area contributed by atoms with Crippen LogP contribution in [0.15, 0.2) is 29.2 Å². The molecule has 1 saturated carbocycles. The third kappa shape index (κ3) is 3.77. The molecule has 2 aliphatic heterocycles. The molecule has 27 heavy (non-hydrogen) atoms. The van der Waals surface area contributed by atoms with Crippen LogP contribution in [-0.4, -0.2) is 51.5 Å². The summed E-state index contributed by atoms with van der Waals surface area (Å²) in [6.07, 6.45) is 3.82. The lowest BCUT2D eigenvalue weighted by atomic mass is 9.72. The summed E-state index contributed by atoms with van der Waals surface area (Å²) in [5, 5.41) is 3.08. The zero-order chi connectivity index (χ0) is 19.1. The Bertz CT molecular complexity index is 796. The van der Waals surface area contributed by atoms with E-state index < -0.39 is 10.0 Å². The van der Waals surface area contributed by atoms with Crippen LogP contribution in [0, 0.1) is 24.2 Å². The van der Waals surface area contributed by atoms with Crippen LogP contribution in [0.5, 0.6) is 0 Å². The predicted octanol–water partition coefficient (Wildman–Crippen LogP) is 1.94. The van der Waals surface area contributed by atoms with Crippen molar-refractivity contribution in [2.75, 3.05) is 32.8 Å². The molecule has 2 heterocycles. The largest absolute Gasteiger partial charge is 0.381 e. The zero-order valence-electron chi connectivity index (χ0n) is 15.8. The van der Waals surface area contributed by atoms with E-state index in [1.54, 1.807) is 12.1 Å². The van der Waals surface area contributed by atoms with Gasteiger partial charge in [0.15, 0.2) is 0 Å². The van der Waals surface area contributed by atoms with Crippen LogP contribution >= 0.6 is 0 Å². The highest BCUT2D eigenvalue weighted by Crippen LogP contribution is 2.46. The van der Waals surface area contributed by atoms with E-state index in [-0.39, 0.29) is 23.8 Å². The van der Waals surface area contributed by atoms with E-state index in [2.05, 4.69) is 5.32 Å². The van der Waals surface area contributed by atoms with Crippen molar-refractivity contribution in [2.45, 2.75) is 37.5 Å². The maximum atomic E-state index is 13.2. The highest BCUT2D eigenvalue weighted by Gasteiger charge is 2.53. The molecule has 1 aliphatic carbocycles. The van der Waals surface area contributed by atoms with Crippen molar-refractivity contribution >= 4 is 15.9 Å². The number of nitrogens with zero attached hydrogens (tertiary/aromatic N) is 1. The number of hydrogen-bond acceptors (Lipinski definition) is 4. The molecule has 1 N–H and O–H groups in total. The second-order valence-electron chi connectivity index (χ2n) is 8.33. The minimum absolute atomic E-state index is 0.00501. The first-order chi connectivity index (χ1) is 12.9. The summed E-state index contributed by atoms with van der Waals surface area (Å²) in [7, 11) is -3.60. The van der Waals surface area contributed by atoms with Crippen LogP contribution in [0.2, 0.25) is 0 Å². The van der Waals surface area contributed by atoms with Crippen molar-refractivity contribution in [2.24, 2.45) is 17.3 Å². The molecule has 0 bridgehead atoms. The number of sulfonamides is 1. The van der Waals surface area contributed by atoms with Crippen LogP contribution < -0.4 is 5.32 Å². The molecule has 1 unspecified atom stereocenters. The summed E-state index contributed by atoms with van der Waals surface area (Å²) in [4.78, 5) is 13.2. The summed E-state index contributed by atoms with van der Waals surface area (Å²) >= 11 is 0. The van der Waals surface area contributed by atoms with Gasteiger partial charge in [-0.05, 0) is 50.7 Å². The van der Waals surface area contributed by atoms with E-state index in [1.807, 2.05) is 19.1 Å². The number of nitrogens with one attached hydrogen (secondary N) is 1.